The predicted molar refractivity (Wildman–Crippen MR) is 62.4 cm³/mol. The van der Waals surface area contributed by atoms with E-state index in [2.05, 4.69) is 0 Å². The average Bonchev–Trinajstić information content (AvgIpc) is 2.14. The molecule has 1 aromatic carbocycles. The molecule has 0 heterocycles. The quantitative estimate of drug-likeness (QED) is 0.789. The third kappa shape index (κ3) is 5.59. The van der Waals surface area contributed by atoms with E-state index in [1.807, 2.05) is 0 Å². The van der Waals surface area contributed by atoms with Crippen molar-refractivity contribution in [1.82, 2.24) is 0 Å². The summed E-state index contributed by atoms with van der Waals surface area (Å²) in [7, 11) is -8.87. The van der Waals surface area contributed by atoms with Crippen molar-refractivity contribution in [1.29, 1.82) is 0 Å². The normalized spacial score (nSPS) is 13.6. The standard InChI is InChI=1S/C9H10O6S2/c10-16(11,12)6-9(7-17(13,14)15)8-4-2-1-3-5-8/h1-6H,7H2,(H,10,11,12)(H,13,14,15)/b9-6+. The highest BCUT2D eigenvalue weighted by Crippen LogP contribution is 2.17. The summed E-state index contributed by atoms with van der Waals surface area (Å²) in [5.41, 5.74) is 0.0679. The van der Waals surface area contributed by atoms with Gasteiger partial charge in [0, 0.05) is 0 Å². The van der Waals surface area contributed by atoms with Crippen molar-refractivity contribution in [3.8, 4) is 0 Å². The molecule has 0 fully saturated rings. The fraction of sp³-hybridized carbons (Fsp3) is 0.111. The molecular weight excluding hydrogens is 268 g/mol. The maximum Gasteiger partial charge on any atom is 0.287 e. The van der Waals surface area contributed by atoms with E-state index in [4.69, 9.17) is 9.11 Å². The number of rotatable bonds is 4. The van der Waals surface area contributed by atoms with Crippen LogP contribution in [-0.2, 0) is 20.2 Å². The summed E-state index contributed by atoms with van der Waals surface area (Å²) < 4.78 is 60.3. The van der Waals surface area contributed by atoms with Crippen molar-refractivity contribution in [2.75, 3.05) is 5.75 Å². The first-order chi connectivity index (χ1) is 7.67. The van der Waals surface area contributed by atoms with Gasteiger partial charge in [0.2, 0.25) is 0 Å². The number of benzene rings is 1. The Kier molecular flexibility index (Phi) is 4.04. The first kappa shape index (κ1) is 13.8. The highest BCUT2D eigenvalue weighted by molar-refractivity contribution is 7.89. The Hall–Kier alpha value is -1.22. The SMILES string of the molecule is O=S(=O)(O)/C=C(\CS(=O)(=O)O)c1ccccc1. The van der Waals surface area contributed by atoms with Crippen molar-refractivity contribution >= 4 is 25.8 Å². The van der Waals surface area contributed by atoms with Gasteiger partial charge in [0.05, 0.1) is 5.41 Å². The minimum absolute atomic E-state index is 0.212. The van der Waals surface area contributed by atoms with Gasteiger partial charge in [-0.2, -0.15) is 16.8 Å². The molecule has 6 nitrogen and oxygen atoms in total. The monoisotopic (exact) mass is 278 g/mol. The maximum atomic E-state index is 10.7. The van der Waals surface area contributed by atoms with Crippen molar-refractivity contribution in [3.63, 3.8) is 0 Å². The molecule has 0 bridgehead atoms. The van der Waals surface area contributed by atoms with E-state index in [0.29, 0.717) is 5.41 Å². The summed E-state index contributed by atoms with van der Waals surface area (Å²) in [6.07, 6.45) is 0. The predicted octanol–water partition coefficient (Wildman–Crippen LogP) is 0.803. The van der Waals surface area contributed by atoms with E-state index in [9.17, 15) is 16.8 Å². The van der Waals surface area contributed by atoms with Crippen LogP contribution in [0, 0.1) is 0 Å². The Bertz CT molecular complexity index is 613. The second-order valence-corrected chi connectivity index (χ2v) is 5.97. The van der Waals surface area contributed by atoms with Crippen LogP contribution in [0.5, 0.6) is 0 Å². The lowest BCUT2D eigenvalue weighted by Crippen LogP contribution is -2.07. The van der Waals surface area contributed by atoms with E-state index in [-0.39, 0.29) is 11.1 Å². The fourth-order valence-electron chi connectivity index (χ4n) is 1.21. The first-order valence-corrected chi connectivity index (χ1v) is 7.47. The molecule has 0 saturated heterocycles. The summed E-state index contributed by atoms with van der Waals surface area (Å²) in [6.45, 7) is 0. The molecule has 8 heteroatoms. The van der Waals surface area contributed by atoms with Gasteiger partial charge in [0.1, 0.15) is 5.75 Å². The zero-order valence-electron chi connectivity index (χ0n) is 8.52. The van der Waals surface area contributed by atoms with Gasteiger partial charge in [0.25, 0.3) is 20.2 Å². The van der Waals surface area contributed by atoms with E-state index >= 15 is 0 Å². The third-order valence-corrected chi connectivity index (χ3v) is 3.03. The first-order valence-electron chi connectivity index (χ1n) is 4.36. The van der Waals surface area contributed by atoms with Crippen LogP contribution < -0.4 is 0 Å². The van der Waals surface area contributed by atoms with Crippen LogP contribution in [-0.4, -0.2) is 31.7 Å². The lowest BCUT2D eigenvalue weighted by molar-refractivity contribution is 0.487. The molecule has 17 heavy (non-hydrogen) atoms. The van der Waals surface area contributed by atoms with Gasteiger partial charge in [0.15, 0.2) is 0 Å². The summed E-state index contributed by atoms with van der Waals surface area (Å²) in [4.78, 5) is 0. The highest BCUT2D eigenvalue weighted by Gasteiger charge is 2.14. The molecule has 0 unspecified atom stereocenters. The third-order valence-electron chi connectivity index (χ3n) is 1.77. The van der Waals surface area contributed by atoms with Crippen molar-refractivity contribution in [2.45, 2.75) is 0 Å². The average molecular weight is 278 g/mol. The Morgan fingerprint density at radius 2 is 1.59 bits per heavy atom. The van der Waals surface area contributed by atoms with Crippen LogP contribution in [0.1, 0.15) is 5.56 Å². The van der Waals surface area contributed by atoms with Gasteiger partial charge in [-0.15, -0.1) is 0 Å². The Morgan fingerprint density at radius 1 is 1.06 bits per heavy atom. The molecule has 1 rings (SSSR count). The van der Waals surface area contributed by atoms with Crippen LogP contribution >= 0.6 is 0 Å². The van der Waals surface area contributed by atoms with Crippen LogP contribution in [0.2, 0.25) is 0 Å². The summed E-state index contributed by atoms with van der Waals surface area (Å²) >= 11 is 0. The highest BCUT2D eigenvalue weighted by atomic mass is 32.2. The van der Waals surface area contributed by atoms with Gasteiger partial charge in [-0.25, -0.2) is 0 Å². The van der Waals surface area contributed by atoms with Crippen molar-refractivity contribution in [2.24, 2.45) is 0 Å². The molecule has 0 aliphatic rings. The molecule has 2 N–H and O–H groups in total. The van der Waals surface area contributed by atoms with Crippen molar-refractivity contribution < 1.29 is 25.9 Å². The Balaban J connectivity index is 3.27. The summed E-state index contributed by atoms with van der Waals surface area (Å²) in [5.74, 6) is -0.892. The molecular formula is C9H10O6S2. The van der Waals surface area contributed by atoms with Crippen LogP contribution in [0.15, 0.2) is 35.7 Å². The molecule has 0 amide bonds. The van der Waals surface area contributed by atoms with E-state index in [0.717, 1.165) is 0 Å². The number of hydrogen-bond donors (Lipinski definition) is 2. The summed E-state index contributed by atoms with van der Waals surface area (Å²) in [5, 5.41) is 0.399. The minimum Gasteiger partial charge on any atom is -0.285 e. The van der Waals surface area contributed by atoms with E-state index in [1.54, 1.807) is 18.2 Å². The van der Waals surface area contributed by atoms with Crippen molar-refractivity contribution in [3.05, 3.63) is 41.3 Å². The molecule has 0 aromatic heterocycles. The fourth-order valence-corrected chi connectivity index (χ4v) is 2.54. The molecule has 1 aromatic rings. The molecule has 0 aliphatic heterocycles. The van der Waals surface area contributed by atoms with Gasteiger partial charge in [-0.3, -0.25) is 9.11 Å². The topological polar surface area (TPSA) is 109 Å². The molecule has 0 aliphatic carbocycles. The zero-order chi connectivity index (χ0) is 13.1. The molecule has 0 spiro atoms. The minimum atomic E-state index is -4.48. The summed E-state index contributed by atoms with van der Waals surface area (Å²) in [6, 6.07) is 7.71. The molecule has 0 radical (unpaired) electrons. The van der Waals surface area contributed by atoms with Gasteiger partial charge < -0.3 is 0 Å². The van der Waals surface area contributed by atoms with E-state index in [1.165, 1.54) is 12.1 Å². The molecule has 0 saturated carbocycles. The zero-order valence-corrected chi connectivity index (χ0v) is 10.1. The van der Waals surface area contributed by atoms with Gasteiger partial charge in [-0.05, 0) is 11.1 Å². The Morgan fingerprint density at radius 3 is 2.00 bits per heavy atom. The van der Waals surface area contributed by atoms with Crippen LogP contribution in [0.3, 0.4) is 0 Å². The largest absolute Gasteiger partial charge is 0.287 e. The maximum absolute atomic E-state index is 10.7. The Labute approximate surface area is 99.1 Å². The lowest BCUT2D eigenvalue weighted by Gasteiger charge is -2.04. The van der Waals surface area contributed by atoms with E-state index < -0.39 is 26.0 Å². The number of hydrogen-bond acceptors (Lipinski definition) is 4. The van der Waals surface area contributed by atoms with Gasteiger partial charge in [-0.1, -0.05) is 30.3 Å². The smallest absolute Gasteiger partial charge is 0.285 e. The van der Waals surface area contributed by atoms with Crippen LogP contribution in [0.4, 0.5) is 0 Å². The lowest BCUT2D eigenvalue weighted by atomic mass is 10.1. The molecule has 0 atom stereocenters. The van der Waals surface area contributed by atoms with Gasteiger partial charge >= 0.3 is 0 Å². The molecule has 94 valence electrons. The second-order valence-electron chi connectivity index (χ2n) is 3.25. The second kappa shape index (κ2) is 4.96. The van der Waals surface area contributed by atoms with Crippen LogP contribution in [0.25, 0.3) is 5.57 Å².